The number of Topliss-reactive ketones (excluding diaryl/α,β-unsaturated/α-hetero) is 1. The topological polar surface area (TPSA) is 289 Å². The number of ketones is 1. The molecule has 0 aliphatic carbocycles. The third kappa shape index (κ3) is 19.2. The number of ether oxygens (including phenoxy) is 2. The number of rotatable bonds is 12. The van der Waals surface area contributed by atoms with Crippen LogP contribution >= 0.6 is 0 Å². The SMILES string of the molecule is CC(C)[C@@H]1CC(=O)C(C)(C)/C=C/c2ccc3ccc(nc3c2)[C@@H](C)NC(=O)[C@@H]2CCCN(N2)C(=O)[C@H](C)NC1=O.COC(=O)C(C)(C)/C=C/c1ccc2ccc([C@@H](C)NC(=O)[C@@H]3CCCN(C(=O)[C@H](C)NC(=O)[C@@H](NC(=O)OC(C)(C)C)C(C)C)N3)nc2c1. The zero-order valence-corrected chi connectivity index (χ0v) is 54.6. The lowest BCUT2D eigenvalue weighted by atomic mass is 9.79. The molecule has 7 N–H and O–H groups in total. The maximum atomic E-state index is 13.4. The Morgan fingerprint density at radius 3 is 2.06 bits per heavy atom. The van der Waals surface area contributed by atoms with Crippen LogP contribution in [0, 0.1) is 28.6 Å². The molecule has 22 nitrogen and oxygen atoms in total. The number of methoxy groups -OCH3 is 1. The number of hydrogen-bond acceptors (Lipinski definition) is 15. The highest BCUT2D eigenvalue weighted by molar-refractivity contribution is 5.95. The first-order valence-corrected chi connectivity index (χ1v) is 30.8. The van der Waals surface area contributed by atoms with Crippen LogP contribution in [-0.4, -0.2) is 129 Å². The number of pyridine rings is 2. The summed E-state index contributed by atoms with van der Waals surface area (Å²) >= 11 is 0. The molecule has 22 heteroatoms. The van der Waals surface area contributed by atoms with Gasteiger partial charge in [0.05, 0.1) is 47.0 Å². The maximum Gasteiger partial charge on any atom is 0.408 e. The number of nitrogens with one attached hydrogen (secondary N) is 7. The predicted molar refractivity (Wildman–Crippen MR) is 341 cm³/mol. The van der Waals surface area contributed by atoms with Gasteiger partial charge < -0.3 is 36.1 Å². The maximum absolute atomic E-state index is 13.4. The number of nitrogens with zero attached hydrogens (tertiary/aromatic N) is 4. The number of benzene rings is 2. The molecule has 5 heterocycles. The lowest BCUT2D eigenvalue weighted by Crippen LogP contribution is -2.62. The van der Waals surface area contributed by atoms with E-state index in [9.17, 15) is 43.2 Å². The Balaban J connectivity index is 0.000000289. The molecular formula is C67H93N11O11. The largest absolute Gasteiger partial charge is 0.468 e. The summed E-state index contributed by atoms with van der Waals surface area (Å²) < 4.78 is 10.2. The second-order valence-electron chi connectivity index (χ2n) is 26.4. The summed E-state index contributed by atoms with van der Waals surface area (Å²) in [5.74, 6) is -3.41. The lowest BCUT2D eigenvalue weighted by molar-refractivity contribution is -0.148. The molecule has 4 aromatic rings. The van der Waals surface area contributed by atoms with E-state index in [0.29, 0.717) is 44.5 Å². The molecular weight excluding hydrogens is 1130 g/mol. The van der Waals surface area contributed by atoms with Gasteiger partial charge in [0, 0.05) is 41.6 Å². The zero-order valence-electron chi connectivity index (χ0n) is 54.6. The highest BCUT2D eigenvalue weighted by Gasteiger charge is 2.37. The standard InChI is InChI=1S/C36H52N6O7.C31H41N5O4/c1-21(2)29(40-34(47)49-35(5,6)7)31(44)38-23(4)32(45)42-19-11-12-27(41-42)30(43)37-22(3)26-16-15-25-14-13-24(20-28(25)39-26)17-18-36(8,9)33(46)48-10;1-18(2)23-17-27(37)31(5,6)14-13-21-9-10-22-11-12-24(34-26(22)16-21)19(3)32-29(39)25-8-7-15-36(35-25)30(40)20(4)33-28(23)38/h13-18,20-23,27,29,41H,11-12,19H2,1-10H3,(H,37,43)(H,38,44)(H,40,47);9-14,16,18-20,23,25,35H,7-8,15,17H2,1-6H3,(H,32,39)(H,33,38)/b18-17+;14-13+/t22-,23+,27+,29+;19-,20+,23+,25+/m11/s1. The zero-order chi connectivity index (χ0) is 65.9. The molecule has 7 amide bonds. The van der Waals surface area contributed by atoms with Crippen molar-refractivity contribution < 1.29 is 52.6 Å². The van der Waals surface area contributed by atoms with Gasteiger partial charge in [-0.3, -0.25) is 58.3 Å². The smallest absolute Gasteiger partial charge is 0.408 e. The fourth-order valence-corrected chi connectivity index (χ4v) is 10.3. The first-order chi connectivity index (χ1) is 41.7. The normalized spacial score (nSPS) is 21.8. The second-order valence-corrected chi connectivity index (χ2v) is 26.4. The molecule has 5 bridgehead atoms. The predicted octanol–water partition coefficient (Wildman–Crippen LogP) is 7.87. The summed E-state index contributed by atoms with van der Waals surface area (Å²) in [5, 5.41) is 18.8. The molecule has 3 aliphatic heterocycles. The summed E-state index contributed by atoms with van der Waals surface area (Å²) in [6, 6.07) is 14.7. The van der Waals surface area contributed by atoms with Gasteiger partial charge in [0.2, 0.25) is 23.6 Å². The Bertz CT molecular complexity index is 3330. The van der Waals surface area contributed by atoms with Crippen LogP contribution in [0.15, 0.2) is 72.8 Å². The van der Waals surface area contributed by atoms with E-state index in [-0.39, 0.29) is 59.7 Å². The minimum atomic E-state index is -0.921. The minimum absolute atomic E-state index is 0.0531. The summed E-state index contributed by atoms with van der Waals surface area (Å²) in [6.45, 7) is 27.5. The Kier molecular flexibility index (Phi) is 23.5. The average Bonchev–Trinajstić information content (AvgIpc) is 3.23. The third-order valence-corrected chi connectivity index (χ3v) is 16.1. The minimum Gasteiger partial charge on any atom is -0.468 e. The highest BCUT2D eigenvalue weighted by atomic mass is 16.6. The third-order valence-electron chi connectivity index (χ3n) is 16.1. The molecule has 2 saturated heterocycles. The van der Waals surface area contributed by atoms with Crippen molar-refractivity contribution in [2.45, 2.75) is 184 Å². The summed E-state index contributed by atoms with van der Waals surface area (Å²) in [4.78, 5) is 127. The number of esters is 1. The Hall–Kier alpha value is -8.11. The van der Waals surface area contributed by atoms with Crippen molar-refractivity contribution in [2.24, 2.45) is 28.6 Å². The molecule has 0 spiro atoms. The van der Waals surface area contributed by atoms with Crippen molar-refractivity contribution in [2.75, 3.05) is 20.2 Å². The van der Waals surface area contributed by atoms with Crippen LogP contribution in [-0.2, 0) is 47.8 Å². The van der Waals surface area contributed by atoms with Gasteiger partial charge >= 0.3 is 12.1 Å². The van der Waals surface area contributed by atoms with Crippen molar-refractivity contribution in [3.8, 4) is 0 Å². The van der Waals surface area contributed by atoms with E-state index in [1.807, 2.05) is 120 Å². The van der Waals surface area contributed by atoms with E-state index in [1.165, 1.54) is 17.1 Å². The second kappa shape index (κ2) is 29.9. The number of amides is 7. The van der Waals surface area contributed by atoms with Crippen molar-refractivity contribution in [3.05, 3.63) is 95.3 Å². The van der Waals surface area contributed by atoms with Gasteiger partial charge in [-0.1, -0.05) is 88.4 Å². The Morgan fingerprint density at radius 1 is 0.753 bits per heavy atom. The number of allylic oxidation sites excluding steroid dienone is 1. The van der Waals surface area contributed by atoms with E-state index < -0.39 is 76.5 Å². The number of carbonyl (C=O) groups excluding carboxylic acids is 9. The van der Waals surface area contributed by atoms with E-state index in [0.717, 1.165) is 38.6 Å². The highest BCUT2D eigenvalue weighted by Crippen LogP contribution is 2.29. The first kappa shape index (κ1) is 70.0. The van der Waals surface area contributed by atoms with Crippen LogP contribution in [0.25, 0.3) is 34.0 Å². The molecule has 0 saturated carbocycles. The number of carbonyl (C=O) groups is 9. The van der Waals surface area contributed by atoms with Gasteiger partial charge in [0.1, 0.15) is 41.6 Å². The molecule has 2 fully saturated rings. The van der Waals surface area contributed by atoms with Gasteiger partial charge in [-0.2, -0.15) is 0 Å². The van der Waals surface area contributed by atoms with Crippen LogP contribution in [0.2, 0.25) is 0 Å². The monoisotopic (exact) mass is 1230 g/mol. The van der Waals surface area contributed by atoms with Crippen LogP contribution in [0.1, 0.15) is 171 Å². The van der Waals surface area contributed by atoms with Crippen LogP contribution < -0.4 is 37.4 Å². The van der Waals surface area contributed by atoms with Crippen molar-refractivity contribution in [1.29, 1.82) is 0 Å². The van der Waals surface area contributed by atoms with E-state index in [4.69, 9.17) is 19.4 Å². The summed E-state index contributed by atoms with van der Waals surface area (Å²) in [5.41, 5.74) is 8.43. The van der Waals surface area contributed by atoms with Crippen molar-refractivity contribution in [3.63, 3.8) is 0 Å². The Labute approximate surface area is 523 Å². The molecule has 482 valence electrons. The number of hydrogen-bond donors (Lipinski definition) is 7. The van der Waals surface area contributed by atoms with Crippen molar-refractivity contribution >= 4 is 87.2 Å². The number of aromatic nitrogens is 2. The van der Waals surface area contributed by atoms with E-state index in [2.05, 4.69) is 37.4 Å². The van der Waals surface area contributed by atoms with Crippen LogP contribution in [0.5, 0.6) is 0 Å². The lowest BCUT2D eigenvalue weighted by Gasteiger charge is -2.35. The van der Waals surface area contributed by atoms with Gasteiger partial charge in [-0.25, -0.2) is 15.6 Å². The molecule has 0 radical (unpaired) electrons. The summed E-state index contributed by atoms with van der Waals surface area (Å²) in [6.07, 6.45) is 9.08. The van der Waals surface area contributed by atoms with Gasteiger partial charge in [-0.15, -0.1) is 0 Å². The van der Waals surface area contributed by atoms with Crippen LogP contribution in [0.4, 0.5) is 4.79 Å². The van der Waals surface area contributed by atoms with Crippen molar-refractivity contribution in [1.82, 2.24) is 57.4 Å². The Morgan fingerprint density at radius 2 is 1.39 bits per heavy atom. The molecule has 2 aromatic heterocycles. The summed E-state index contributed by atoms with van der Waals surface area (Å²) in [7, 11) is 1.36. The average molecular weight is 1230 g/mol. The molecule has 2 aromatic carbocycles. The quantitative estimate of drug-likeness (QED) is 0.0664. The fraction of sp³-hybridized carbons (Fsp3) is 0.537. The van der Waals surface area contributed by atoms with Gasteiger partial charge in [0.25, 0.3) is 11.8 Å². The fourth-order valence-electron chi connectivity index (χ4n) is 10.3. The molecule has 8 atom stereocenters. The van der Waals surface area contributed by atoms with Gasteiger partial charge in [0.15, 0.2) is 0 Å². The number of hydrazine groups is 2. The van der Waals surface area contributed by atoms with Crippen LogP contribution in [0.3, 0.4) is 0 Å². The number of fused-ring (bicyclic) bond motifs is 5. The van der Waals surface area contributed by atoms with E-state index >= 15 is 0 Å². The van der Waals surface area contributed by atoms with Gasteiger partial charge in [-0.05, 0) is 149 Å². The molecule has 89 heavy (non-hydrogen) atoms. The molecule has 7 rings (SSSR count). The molecule has 3 aliphatic rings. The van der Waals surface area contributed by atoms with E-state index in [1.54, 1.807) is 68.4 Å². The molecule has 0 unspecified atom stereocenters. The number of alkyl carbamates (subject to hydrolysis) is 1. The first-order valence-electron chi connectivity index (χ1n) is 30.8.